The zero-order valence-electron chi connectivity index (χ0n) is 11.8. The average molecular weight is 287 g/mol. The van der Waals surface area contributed by atoms with Crippen LogP contribution in [-0.4, -0.2) is 20.3 Å². The van der Waals surface area contributed by atoms with Gasteiger partial charge in [0.2, 0.25) is 0 Å². The van der Waals surface area contributed by atoms with Gasteiger partial charge in [-0.05, 0) is 18.2 Å². The maximum atomic E-state index is 11.9. The zero-order chi connectivity index (χ0) is 15.2. The van der Waals surface area contributed by atoms with Crippen LogP contribution in [0, 0.1) is 0 Å². The van der Waals surface area contributed by atoms with Crippen LogP contribution >= 0.6 is 0 Å². The fraction of sp³-hybridized carbons (Fsp3) is 0.133. The summed E-state index contributed by atoms with van der Waals surface area (Å²) in [6.07, 6.45) is 0. The number of urea groups is 1. The minimum atomic E-state index is -0.379. The summed E-state index contributed by atoms with van der Waals surface area (Å²) in [5.41, 5.74) is 7.41. The van der Waals surface area contributed by atoms with Crippen molar-refractivity contribution in [2.24, 2.45) is 0 Å². The van der Waals surface area contributed by atoms with E-state index in [9.17, 15) is 4.79 Å². The molecule has 0 heterocycles. The van der Waals surface area contributed by atoms with E-state index in [2.05, 4.69) is 10.6 Å². The van der Waals surface area contributed by atoms with E-state index in [-0.39, 0.29) is 6.03 Å². The van der Waals surface area contributed by atoms with Gasteiger partial charge in [-0.25, -0.2) is 4.79 Å². The van der Waals surface area contributed by atoms with Crippen LogP contribution in [0.25, 0.3) is 0 Å². The van der Waals surface area contributed by atoms with E-state index < -0.39 is 0 Å². The van der Waals surface area contributed by atoms with Gasteiger partial charge in [0.05, 0.1) is 14.2 Å². The highest BCUT2D eigenvalue weighted by molar-refractivity contribution is 6.00. The lowest BCUT2D eigenvalue weighted by molar-refractivity contribution is 0.262. The first-order valence-electron chi connectivity index (χ1n) is 6.27. The molecule has 0 radical (unpaired) electrons. The van der Waals surface area contributed by atoms with Gasteiger partial charge in [0.1, 0.15) is 11.5 Å². The molecule has 0 spiro atoms. The summed E-state index contributed by atoms with van der Waals surface area (Å²) in [6.45, 7) is 0. The van der Waals surface area contributed by atoms with Crippen molar-refractivity contribution in [3.8, 4) is 11.5 Å². The first-order valence-corrected chi connectivity index (χ1v) is 6.27. The largest absolute Gasteiger partial charge is 0.497 e. The predicted molar refractivity (Wildman–Crippen MR) is 83.0 cm³/mol. The van der Waals surface area contributed by atoms with Gasteiger partial charge in [-0.1, -0.05) is 6.07 Å². The van der Waals surface area contributed by atoms with Crippen molar-refractivity contribution in [1.29, 1.82) is 0 Å². The highest BCUT2D eigenvalue weighted by Crippen LogP contribution is 2.25. The Morgan fingerprint density at radius 1 is 0.952 bits per heavy atom. The normalized spacial score (nSPS) is 9.81. The number of hydrogen-bond acceptors (Lipinski definition) is 4. The second-order valence-electron chi connectivity index (χ2n) is 4.31. The maximum absolute atomic E-state index is 11.9. The molecule has 6 nitrogen and oxygen atoms in total. The molecule has 2 aromatic rings. The molecule has 6 heteroatoms. The minimum absolute atomic E-state index is 0.379. The highest BCUT2D eigenvalue weighted by atomic mass is 16.5. The predicted octanol–water partition coefficient (Wildman–Crippen LogP) is 2.93. The van der Waals surface area contributed by atoms with Crippen LogP contribution in [0.5, 0.6) is 11.5 Å². The topological polar surface area (TPSA) is 85.6 Å². The Kier molecular flexibility index (Phi) is 4.50. The monoisotopic (exact) mass is 287 g/mol. The van der Waals surface area contributed by atoms with Crippen LogP contribution in [-0.2, 0) is 0 Å². The molecule has 0 saturated carbocycles. The van der Waals surface area contributed by atoms with Gasteiger partial charge in [0.15, 0.2) is 0 Å². The first-order chi connectivity index (χ1) is 10.1. The third-order valence-electron chi connectivity index (χ3n) is 2.75. The van der Waals surface area contributed by atoms with Crippen molar-refractivity contribution >= 4 is 23.1 Å². The molecule has 0 saturated heterocycles. The molecule has 2 amide bonds. The lowest BCUT2D eigenvalue weighted by atomic mass is 10.2. The second kappa shape index (κ2) is 6.51. The number of amides is 2. The minimum Gasteiger partial charge on any atom is -0.497 e. The number of hydrogen-bond donors (Lipinski definition) is 3. The number of benzene rings is 2. The van der Waals surface area contributed by atoms with E-state index in [4.69, 9.17) is 15.2 Å². The van der Waals surface area contributed by atoms with Crippen LogP contribution in [0.1, 0.15) is 0 Å². The van der Waals surface area contributed by atoms with Crippen LogP contribution < -0.4 is 25.8 Å². The van der Waals surface area contributed by atoms with Crippen molar-refractivity contribution in [3.63, 3.8) is 0 Å². The van der Waals surface area contributed by atoms with Crippen molar-refractivity contribution < 1.29 is 14.3 Å². The Morgan fingerprint density at radius 3 is 2.14 bits per heavy atom. The van der Waals surface area contributed by atoms with Crippen molar-refractivity contribution in [2.75, 3.05) is 30.6 Å². The second-order valence-corrected chi connectivity index (χ2v) is 4.31. The van der Waals surface area contributed by atoms with Crippen LogP contribution in [0.3, 0.4) is 0 Å². The molecule has 0 aliphatic carbocycles. The number of ether oxygens (including phenoxy) is 2. The standard InChI is InChI=1S/C15H17N3O3/c1-20-13-7-12(8-14(9-13)21-2)18-15(19)17-11-5-3-4-10(16)6-11/h3-9H,16H2,1-2H3,(H2,17,18,19). The molecular weight excluding hydrogens is 270 g/mol. The summed E-state index contributed by atoms with van der Waals surface area (Å²) in [6, 6.07) is 11.7. The third-order valence-corrected chi connectivity index (χ3v) is 2.75. The van der Waals surface area contributed by atoms with Crippen LogP contribution in [0.4, 0.5) is 21.9 Å². The summed E-state index contributed by atoms with van der Waals surface area (Å²) in [4.78, 5) is 11.9. The van der Waals surface area contributed by atoms with Gasteiger partial charge < -0.3 is 25.8 Å². The number of carbonyl (C=O) groups is 1. The quantitative estimate of drug-likeness (QED) is 0.755. The van der Waals surface area contributed by atoms with Gasteiger partial charge in [-0.2, -0.15) is 0 Å². The Morgan fingerprint density at radius 2 is 1.57 bits per heavy atom. The van der Waals surface area contributed by atoms with Gasteiger partial charge in [0, 0.05) is 35.3 Å². The van der Waals surface area contributed by atoms with Crippen molar-refractivity contribution in [2.45, 2.75) is 0 Å². The Bertz CT molecular complexity index is 622. The van der Waals surface area contributed by atoms with Gasteiger partial charge in [-0.15, -0.1) is 0 Å². The summed E-state index contributed by atoms with van der Waals surface area (Å²) in [7, 11) is 3.09. The fourth-order valence-corrected chi connectivity index (χ4v) is 1.79. The number of methoxy groups -OCH3 is 2. The maximum Gasteiger partial charge on any atom is 0.323 e. The van der Waals surface area contributed by atoms with E-state index in [1.165, 1.54) is 0 Å². The molecule has 2 aromatic carbocycles. The molecule has 4 N–H and O–H groups in total. The smallest absolute Gasteiger partial charge is 0.323 e. The summed E-state index contributed by atoms with van der Waals surface area (Å²) in [5, 5.41) is 5.40. The van der Waals surface area contributed by atoms with E-state index in [0.717, 1.165) is 0 Å². The van der Waals surface area contributed by atoms with Crippen LogP contribution in [0.2, 0.25) is 0 Å². The summed E-state index contributed by atoms with van der Waals surface area (Å²) >= 11 is 0. The molecular formula is C15H17N3O3. The molecule has 0 atom stereocenters. The van der Waals surface area contributed by atoms with Crippen molar-refractivity contribution in [1.82, 2.24) is 0 Å². The Hall–Kier alpha value is -2.89. The molecule has 0 bridgehead atoms. The number of nitrogens with two attached hydrogens (primary N) is 1. The lowest BCUT2D eigenvalue weighted by Gasteiger charge is -2.11. The number of nitrogen functional groups attached to an aromatic ring is 1. The van der Waals surface area contributed by atoms with Crippen molar-refractivity contribution in [3.05, 3.63) is 42.5 Å². The van der Waals surface area contributed by atoms with E-state index in [1.54, 1.807) is 56.7 Å². The summed E-state index contributed by atoms with van der Waals surface area (Å²) in [5.74, 6) is 1.18. The van der Waals surface area contributed by atoms with Crippen LogP contribution in [0.15, 0.2) is 42.5 Å². The first kappa shape index (κ1) is 14.5. The SMILES string of the molecule is COc1cc(NC(=O)Nc2cccc(N)c2)cc(OC)c1. The zero-order valence-corrected chi connectivity index (χ0v) is 11.8. The lowest BCUT2D eigenvalue weighted by Crippen LogP contribution is -2.19. The van der Waals surface area contributed by atoms with Gasteiger partial charge in [-0.3, -0.25) is 0 Å². The fourth-order valence-electron chi connectivity index (χ4n) is 1.79. The Balaban J connectivity index is 2.08. The molecule has 21 heavy (non-hydrogen) atoms. The number of nitrogens with one attached hydrogen (secondary N) is 2. The molecule has 2 rings (SSSR count). The Labute approximate surface area is 122 Å². The number of rotatable bonds is 4. The summed E-state index contributed by atoms with van der Waals surface area (Å²) < 4.78 is 10.3. The number of anilines is 3. The van der Waals surface area contributed by atoms with E-state index in [0.29, 0.717) is 28.6 Å². The van der Waals surface area contributed by atoms with E-state index in [1.807, 2.05) is 0 Å². The molecule has 110 valence electrons. The molecule has 0 fully saturated rings. The van der Waals surface area contributed by atoms with E-state index >= 15 is 0 Å². The molecule has 0 aliphatic rings. The number of carbonyl (C=O) groups excluding carboxylic acids is 1. The third kappa shape index (κ3) is 4.04. The highest BCUT2D eigenvalue weighted by Gasteiger charge is 2.06. The van der Waals surface area contributed by atoms with Gasteiger partial charge in [0.25, 0.3) is 0 Å². The molecule has 0 aromatic heterocycles. The average Bonchev–Trinajstić information content (AvgIpc) is 2.46. The van der Waals surface area contributed by atoms with Gasteiger partial charge >= 0.3 is 6.03 Å². The molecule has 0 aliphatic heterocycles. The molecule has 0 unspecified atom stereocenters.